The molecule has 2 unspecified atom stereocenters. The Bertz CT molecular complexity index is 177. The molecule has 2 atom stereocenters. The normalized spacial score (nSPS) is 15.5. The summed E-state index contributed by atoms with van der Waals surface area (Å²) < 4.78 is 4.93. The fourth-order valence-corrected chi connectivity index (χ4v) is 1.88. The molecule has 17 heavy (non-hydrogen) atoms. The van der Waals surface area contributed by atoms with Gasteiger partial charge in [0, 0.05) is 32.8 Å². The molecule has 0 aromatic heterocycles. The molecule has 2 N–H and O–H groups in total. The van der Waals surface area contributed by atoms with E-state index in [1.165, 1.54) is 6.42 Å². The summed E-state index contributed by atoms with van der Waals surface area (Å²) >= 11 is 0. The second-order valence-electron chi connectivity index (χ2n) is 5.27. The van der Waals surface area contributed by atoms with E-state index in [-0.39, 0.29) is 6.10 Å². The number of hydrogen-bond donors (Lipinski definition) is 2. The molecule has 0 aliphatic carbocycles. The van der Waals surface area contributed by atoms with E-state index >= 15 is 0 Å². The van der Waals surface area contributed by atoms with Crippen LogP contribution in [0.1, 0.15) is 27.2 Å². The molecule has 0 spiro atoms. The lowest BCUT2D eigenvalue weighted by Gasteiger charge is -2.28. The number of likely N-dealkylation sites (N-methyl/N-ethyl adjacent to an activating group) is 1. The Morgan fingerprint density at radius 2 is 1.94 bits per heavy atom. The van der Waals surface area contributed by atoms with E-state index in [9.17, 15) is 5.11 Å². The topological polar surface area (TPSA) is 44.7 Å². The smallest absolute Gasteiger partial charge is 0.0791 e. The molecule has 0 saturated heterocycles. The highest BCUT2D eigenvalue weighted by Crippen LogP contribution is 2.09. The van der Waals surface area contributed by atoms with Gasteiger partial charge < -0.3 is 20.1 Å². The maximum atomic E-state index is 9.86. The molecule has 4 heteroatoms. The third-order valence-electron chi connectivity index (χ3n) is 2.93. The Morgan fingerprint density at radius 1 is 1.29 bits per heavy atom. The SMILES string of the molecule is COCCNCC(O)CN(C)C(C)CC(C)C. The number of methoxy groups -OCH3 is 1. The number of aliphatic hydroxyl groups excluding tert-OH is 1. The van der Waals surface area contributed by atoms with Crippen molar-refractivity contribution in [3.63, 3.8) is 0 Å². The van der Waals surface area contributed by atoms with E-state index in [1.54, 1.807) is 7.11 Å². The number of ether oxygens (including phenoxy) is 1. The van der Waals surface area contributed by atoms with Crippen LogP contribution in [0.2, 0.25) is 0 Å². The first-order chi connectivity index (χ1) is 7.97. The molecule has 0 aromatic rings. The largest absolute Gasteiger partial charge is 0.390 e. The average molecular weight is 246 g/mol. The molecule has 4 nitrogen and oxygen atoms in total. The van der Waals surface area contributed by atoms with Gasteiger partial charge in [-0.05, 0) is 26.3 Å². The molecule has 0 aromatic carbocycles. The zero-order valence-electron chi connectivity index (χ0n) is 12.1. The third-order valence-corrected chi connectivity index (χ3v) is 2.93. The van der Waals surface area contributed by atoms with E-state index in [1.807, 2.05) is 0 Å². The second kappa shape index (κ2) is 9.83. The molecule has 0 rings (SSSR count). The molecule has 0 bridgehead atoms. The van der Waals surface area contributed by atoms with Crippen molar-refractivity contribution in [2.45, 2.75) is 39.3 Å². The Labute approximate surface area is 106 Å². The maximum absolute atomic E-state index is 9.86. The molecule has 0 amide bonds. The first kappa shape index (κ1) is 16.8. The summed E-state index contributed by atoms with van der Waals surface area (Å²) in [6, 6.07) is 0.517. The Morgan fingerprint density at radius 3 is 2.47 bits per heavy atom. The van der Waals surface area contributed by atoms with Gasteiger partial charge in [0.2, 0.25) is 0 Å². The van der Waals surface area contributed by atoms with Gasteiger partial charge in [0.05, 0.1) is 12.7 Å². The summed E-state index contributed by atoms with van der Waals surface area (Å²) in [6.07, 6.45) is 0.854. The summed E-state index contributed by atoms with van der Waals surface area (Å²) in [6.45, 7) is 9.49. The van der Waals surface area contributed by atoms with Crippen LogP contribution in [0.4, 0.5) is 0 Å². The van der Waals surface area contributed by atoms with Crippen molar-refractivity contribution in [3.05, 3.63) is 0 Å². The van der Waals surface area contributed by atoms with E-state index < -0.39 is 0 Å². The van der Waals surface area contributed by atoms with Crippen molar-refractivity contribution < 1.29 is 9.84 Å². The number of nitrogens with one attached hydrogen (secondary N) is 1. The van der Waals surface area contributed by atoms with E-state index in [0.717, 1.165) is 6.54 Å². The lowest BCUT2D eigenvalue weighted by Crippen LogP contribution is -2.41. The second-order valence-corrected chi connectivity index (χ2v) is 5.27. The predicted octanol–water partition coefficient (Wildman–Crippen LogP) is 0.950. The summed E-state index contributed by atoms with van der Waals surface area (Å²) in [5.74, 6) is 0.699. The molecule has 0 heterocycles. The van der Waals surface area contributed by atoms with Crippen LogP contribution >= 0.6 is 0 Å². The number of hydrogen-bond acceptors (Lipinski definition) is 4. The van der Waals surface area contributed by atoms with Crippen molar-refractivity contribution >= 4 is 0 Å². The first-order valence-electron chi connectivity index (χ1n) is 6.55. The van der Waals surface area contributed by atoms with Gasteiger partial charge in [-0.2, -0.15) is 0 Å². The fourth-order valence-electron chi connectivity index (χ4n) is 1.88. The zero-order valence-corrected chi connectivity index (χ0v) is 12.1. The highest BCUT2D eigenvalue weighted by molar-refractivity contribution is 4.70. The fraction of sp³-hybridized carbons (Fsp3) is 1.00. The van der Waals surface area contributed by atoms with E-state index in [0.29, 0.717) is 31.7 Å². The lowest BCUT2D eigenvalue weighted by molar-refractivity contribution is 0.0987. The first-order valence-corrected chi connectivity index (χ1v) is 6.55. The highest BCUT2D eigenvalue weighted by atomic mass is 16.5. The molecule has 104 valence electrons. The minimum Gasteiger partial charge on any atom is -0.390 e. The maximum Gasteiger partial charge on any atom is 0.0791 e. The van der Waals surface area contributed by atoms with Crippen molar-refractivity contribution in [2.24, 2.45) is 5.92 Å². The molecular weight excluding hydrogens is 216 g/mol. The van der Waals surface area contributed by atoms with Crippen LogP contribution < -0.4 is 5.32 Å². The Balaban J connectivity index is 3.67. The summed E-state index contributed by atoms with van der Waals surface area (Å²) in [5.41, 5.74) is 0. The molecule has 0 aliphatic heterocycles. The van der Waals surface area contributed by atoms with Crippen LogP contribution in [0.3, 0.4) is 0 Å². The van der Waals surface area contributed by atoms with Gasteiger partial charge in [0.25, 0.3) is 0 Å². The Kier molecular flexibility index (Phi) is 9.74. The average Bonchev–Trinajstić information content (AvgIpc) is 2.23. The van der Waals surface area contributed by atoms with Crippen molar-refractivity contribution in [3.8, 4) is 0 Å². The standard InChI is InChI=1S/C13H30N2O2/c1-11(2)8-12(3)15(4)10-13(16)9-14-6-7-17-5/h11-14,16H,6-10H2,1-5H3. The van der Waals surface area contributed by atoms with Gasteiger partial charge in [-0.25, -0.2) is 0 Å². The van der Waals surface area contributed by atoms with Crippen LogP contribution in [0, 0.1) is 5.92 Å². The lowest BCUT2D eigenvalue weighted by atomic mass is 10.0. The molecule has 0 saturated carbocycles. The van der Waals surface area contributed by atoms with Gasteiger partial charge in [0.1, 0.15) is 0 Å². The highest BCUT2D eigenvalue weighted by Gasteiger charge is 2.14. The van der Waals surface area contributed by atoms with E-state index in [4.69, 9.17) is 4.74 Å². The predicted molar refractivity (Wildman–Crippen MR) is 72.3 cm³/mol. The number of rotatable bonds is 10. The van der Waals surface area contributed by atoms with Crippen LogP contribution in [0.15, 0.2) is 0 Å². The van der Waals surface area contributed by atoms with Crippen LogP contribution in [0.5, 0.6) is 0 Å². The van der Waals surface area contributed by atoms with Crippen molar-refractivity contribution in [2.75, 3.05) is 40.4 Å². The Hall–Kier alpha value is -0.160. The molecular formula is C13H30N2O2. The van der Waals surface area contributed by atoms with Gasteiger partial charge in [-0.1, -0.05) is 13.8 Å². The quantitative estimate of drug-likeness (QED) is 0.563. The summed E-state index contributed by atoms with van der Waals surface area (Å²) in [5, 5.41) is 13.0. The molecule has 0 radical (unpaired) electrons. The number of aliphatic hydroxyl groups is 1. The van der Waals surface area contributed by atoms with E-state index in [2.05, 4.69) is 38.0 Å². The molecule has 0 aliphatic rings. The van der Waals surface area contributed by atoms with Crippen LogP contribution in [0.25, 0.3) is 0 Å². The van der Waals surface area contributed by atoms with Crippen molar-refractivity contribution in [1.29, 1.82) is 0 Å². The van der Waals surface area contributed by atoms with Crippen molar-refractivity contribution in [1.82, 2.24) is 10.2 Å². The van der Waals surface area contributed by atoms with Crippen LogP contribution in [-0.2, 0) is 4.74 Å². The zero-order chi connectivity index (χ0) is 13.3. The van der Waals surface area contributed by atoms with Gasteiger partial charge in [0.15, 0.2) is 0 Å². The van der Waals surface area contributed by atoms with Gasteiger partial charge in [-0.3, -0.25) is 0 Å². The van der Waals surface area contributed by atoms with Gasteiger partial charge >= 0.3 is 0 Å². The minimum atomic E-state index is -0.313. The van der Waals surface area contributed by atoms with Gasteiger partial charge in [-0.15, -0.1) is 0 Å². The minimum absolute atomic E-state index is 0.313. The summed E-state index contributed by atoms with van der Waals surface area (Å²) in [7, 11) is 3.75. The third kappa shape index (κ3) is 9.53. The van der Waals surface area contributed by atoms with Crippen LogP contribution in [-0.4, -0.2) is 62.6 Å². The number of nitrogens with zero attached hydrogens (tertiary/aromatic N) is 1. The monoisotopic (exact) mass is 246 g/mol. The molecule has 0 fully saturated rings. The summed E-state index contributed by atoms with van der Waals surface area (Å²) in [4.78, 5) is 2.22.